The molecule has 4 aromatic rings. The summed E-state index contributed by atoms with van der Waals surface area (Å²) in [7, 11) is 3.52. The van der Waals surface area contributed by atoms with Crippen LogP contribution in [-0.4, -0.2) is 43.7 Å². The highest BCUT2D eigenvalue weighted by Crippen LogP contribution is 2.46. The van der Waals surface area contributed by atoms with E-state index in [0.717, 1.165) is 45.3 Å². The number of hydrogen-bond donors (Lipinski definition) is 0. The second-order valence-electron chi connectivity index (χ2n) is 9.43. The fourth-order valence-electron chi connectivity index (χ4n) is 5.65. The van der Waals surface area contributed by atoms with E-state index in [1.807, 2.05) is 37.8 Å². The molecular weight excluding hydrogens is 416 g/mol. The van der Waals surface area contributed by atoms with Crippen LogP contribution in [0.15, 0.2) is 42.9 Å². The molecule has 6 rings (SSSR count). The zero-order valence-electron chi connectivity index (χ0n) is 19.0. The van der Waals surface area contributed by atoms with Gasteiger partial charge in [-0.05, 0) is 54.9 Å². The molecule has 2 fully saturated rings. The van der Waals surface area contributed by atoms with Crippen molar-refractivity contribution in [2.75, 3.05) is 13.9 Å². The average molecular weight is 445 g/mol. The van der Waals surface area contributed by atoms with Crippen molar-refractivity contribution in [2.45, 2.75) is 38.1 Å². The smallest absolute Gasteiger partial charge is 0.188 e. The molecule has 0 saturated heterocycles. The zero-order chi connectivity index (χ0) is 22.4. The fourth-order valence-corrected chi connectivity index (χ4v) is 5.65. The van der Waals surface area contributed by atoms with Gasteiger partial charge in [-0.3, -0.25) is 4.68 Å². The van der Waals surface area contributed by atoms with Gasteiger partial charge in [0.1, 0.15) is 5.75 Å². The molecule has 8 nitrogen and oxygen atoms in total. The second kappa shape index (κ2) is 8.26. The van der Waals surface area contributed by atoms with E-state index in [9.17, 15) is 0 Å². The van der Waals surface area contributed by atoms with E-state index in [0.29, 0.717) is 11.8 Å². The Labute approximate surface area is 192 Å². The molecule has 2 aliphatic carbocycles. The number of aryl methyl sites for hydroxylation is 1. The maximum atomic E-state index is 5.91. The van der Waals surface area contributed by atoms with Gasteiger partial charge in [0.2, 0.25) is 0 Å². The Morgan fingerprint density at radius 2 is 1.82 bits per heavy atom. The van der Waals surface area contributed by atoms with E-state index in [1.165, 1.54) is 32.1 Å². The third-order valence-corrected chi connectivity index (χ3v) is 7.18. The molecule has 2 saturated carbocycles. The van der Waals surface area contributed by atoms with Crippen molar-refractivity contribution in [3.05, 3.63) is 42.9 Å². The van der Waals surface area contributed by atoms with Crippen LogP contribution in [0, 0.1) is 11.8 Å². The van der Waals surface area contributed by atoms with Gasteiger partial charge in [0.05, 0.1) is 24.1 Å². The molecule has 3 heterocycles. The van der Waals surface area contributed by atoms with Gasteiger partial charge in [0, 0.05) is 36.9 Å². The molecule has 0 amide bonds. The Morgan fingerprint density at radius 1 is 0.970 bits per heavy atom. The third kappa shape index (κ3) is 3.78. The van der Waals surface area contributed by atoms with Gasteiger partial charge in [-0.2, -0.15) is 10.2 Å². The van der Waals surface area contributed by atoms with Gasteiger partial charge in [-0.25, -0.2) is 4.68 Å². The molecule has 1 unspecified atom stereocenters. The van der Waals surface area contributed by atoms with Crippen molar-refractivity contribution in [1.29, 1.82) is 0 Å². The number of aromatic nitrogens is 6. The summed E-state index contributed by atoms with van der Waals surface area (Å²) < 4.78 is 15.0. The lowest BCUT2D eigenvalue weighted by Gasteiger charge is -2.27. The van der Waals surface area contributed by atoms with Crippen molar-refractivity contribution in [3.8, 4) is 28.1 Å². The minimum atomic E-state index is 0.154. The first-order valence-electron chi connectivity index (χ1n) is 11.6. The second-order valence-corrected chi connectivity index (χ2v) is 9.43. The van der Waals surface area contributed by atoms with E-state index >= 15 is 0 Å². The highest BCUT2D eigenvalue weighted by atomic mass is 16.7. The van der Waals surface area contributed by atoms with Crippen LogP contribution in [0.4, 0.5) is 0 Å². The molecule has 3 atom stereocenters. The minimum absolute atomic E-state index is 0.154. The first kappa shape index (κ1) is 20.4. The Hall–Kier alpha value is -3.26. The lowest BCUT2D eigenvalue weighted by atomic mass is 9.85. The summed E-state index contributed by atoms with van der Waals surface area (Å²) in [6.07, 6.45) is 12.3. The Balaban J connectivity index is 1.35. The number of rotatable bonds is 6. The number of hydrogen-bond acceptors (Lipinski definition) is 6. The Kier molecular flexibility index (Phi) is 5.10. The van der Waals surface area contributed by atoms with Gasteiger partial charge >= 0.3 is 0 Å². The zero-order valence-corrected chi connectivity index (χ0v) is 19.0. The lowest BCUT2D eigenvalue weighted by Crippen LogP contribution is -2.20. The predicted molar refractivity (Wildman–Crippen MR) is 125 cm³/mol. The number of methoxy groups -OCH3 is 1. The molecule has 1 aromatic carbocycles. The fraction of sp³-hybridized carbons (Fsp3) is 0.440. The van der Waals surface area contributed by atoms with E-state index in [-0.39, 0.29) is 6.79 Å². The summed E-state index contributed by atoms with van der Waals surface area (Å²) in [5.41, 5.74) is 4.55. The van der Waals surface area contributed by atoms with E-state index < -0.39 is 0 Å². The largest absolute Gasteiger partial charge is 0.467 e. The van der Waals surface area contributed by atoms with Crippen LogP contribution in [0.1, 0.15) is 38.1 Å². The van der Waals surface area contributed by atoms with Gasteiger partial charge in [0.25, 0.3) is 0 Å². The molecule has 8 heteroatoms. The highest BCUT2D eigenvalue weighted by molar-refractivity contribution is 5.81. The molecule has 0 N–H and O–H groups in total. The Bertz CT molecular complexity index is 1280. The predicted octanol–water partition coefficient (Wildman–Crippen LogP) is 4.63. The van der Waals surface area contributed by atoms with Crippen LogP contribution in [0.2, 0.25) is 0 Å². The summed E-state index contributed by atoms with van der Waals surface area (Å²) in [6.45, 7) is 0.154. The number of ether oxygens (including phenoxy) is 2. The molecule has 3 aromatic heterocycles. The first-order valence-corrected chi connectivity index (χ1v) is 11.6. The molecular formula is C25H28N6O2. The van der Waals surface area contributed by atoms with Gasteiger partial charge < -0.3 is 9.47 Å². The third-order valence-electron chi connectivity index (χ3n) is 7.18. The standard InChI is InChI=1S/C25H28N6O2/c1-30-14-20(13-26-30)18-5-6-22(24(11-18)33-15-32-2)23-10-19-12-27-31(25(19)29-28-23)21-8-16-3-4-17(7-16)9-21/h5-6,10-14,16-17,21H,3-4,7-9,15H2,1-2H3/t16-,17?,21+/m0/s1. The van der Waals surface area contributed by atoms with Crippen molar-refractivity contribution >= 4 is 11.0 Å². The van der Waals surface area contributed by atoms with Crippen LogP contribution >= 0.6 is 0 Å². The summed E-state index contributed by atoms with van der Waals surface area (Å²) in [6, 6.07) is 8.57. The van der Waals surface area contributed by atoms with Gasteiger partial charge in [0.15, 0.2) is 12.4 Å². The minimum Gasteiger partial charge on any atom is -0.467 e. The quantitative estimate of drug-likeness (QED) is 0.404. The van der Waals surface area contributed by atoms with Crippen LogP contribution in [0.5, 0.6) is 5.75 Å². The van der Waals surface area contributed by atoms with Gasteiger partial charge in [-0.15, -0.1) is 10.2 Å². The molecule has 0 aliphatic heterocycles. The normalized spacial score (nSPS) is 22.2. The van der Waals surface area contributed by atoms with Crippen LogP contribution in [0.3, 0.4) is 0 Å². The van der Waals surface area contributed by atoms with Crippen LogP contribution in [0.25, 0.3) is 33.4 Å². The van der Waals surface area contributed by atoms with Crippen LogP contribution in [-0.2, 0) is 11.8 Å². The molecule has 2 aliphatic rings. The summed E-state index contributed by atoms with van der Waals surface area (Å²) >= 11 is 0. The van der Waals surface area contributed by atoms with E-state index in [2.05, 4.69) is 32.1 Å². The maximum Gasteiger partial charge on any atom is 0.188 e. The molecule has 170 valence electrons. The lowest BCUT2D eigenvalue weighted by molar-refractivity contribution is 0.0515. The summed E-state index contributed by atoms with van der Waals surface area (Å²) in [4.78, 5) is 0. The highest BCUT2D eigenvalue weighted by Gasteiger charge is 2.35. The van der Waals surface area contributed by atoms with Crippen molar-refractivity contribution in [2.24, 2.45) is 18.9 Å². The monoisotopic (exact) mass is 444 g/mol. The number of benzene rings is 1. The van der Waals surface area contributed by atoms with Crippen molar-refractivity contribution in [1.82, 2.24) is 29.8 Å². The Morgan fingerprint density at radius 3 is 2.58 bits per heavy atom. The van der Waals surface area contributed by atoms with Crippen LogP contribution < -0.4 is 4.74 Å². The summed E-state index contributed by atoms with van der Waals surface area (Å²) in [5, 5.41) is 19.2. The average Bonchev–Trinajstić information content (AvgIpc) is 3.55. The van der Waals surface area contributed by atoms with E-state index in [4.69, 9.17) is 14.6 Å². The topological polar surface area (TPSA) is 79.9 Å². The van der Waals surface area contributed by atoms with Crippen molar-refractivity contribution in [3.63, 3.8) is 0 Å². The first-order chi connectivity index (χ1) is 16.2. The summed E-state index contributed by atoms with van der Waals surface area (Å²) in [5.74, 6) is 2.39. The molecule has 0 spiro atoms. The van der Waals surface area contributed by atoms with Gasteiger partial charge in [-0.1, -0.05) is 18.9 Å². The van der Waals surface area contributed by atoms with Crippen molar-refractivity contribution < 1.29 is 9.47 Å². The van der Waals surface area contributed by atoms with E-state index in [1.54, 1.807) is 11.8 Å². The maximum absolute atomic E-state index is 5.91. The SMILES string of the molecule is COCOc1cc(-c2cnn(C)c2)ccc1-c1cc2cnn([C@H]3CC4CC[C@@H](C4)C3)c2nn1. The number of nitrogens with zero attached hydrogens (tertiary/aromatic N) is 6. The molecule has 33 heavy (non-hydrogen) atoms. The molecule has 0 radical (unpaired) electrons. The number of fused-ring (bicyclic) bond motifs is 3. The molecule has 2 bridgehead atoms.